The summed E-state index contributed by atoms with van der Waals surface area (Å²) < 4.78 is 39.0. The van der Waals surface area contributed by atoms with Crippen LogP contribution in [0.4, 0.5) is 5.69 Å². The van der Waals surface area contributed by atoms with Crippen molar-refractivity contribution in [2.75, 3.05) is 38.2 Å². The van der Waals surface area contributed by atoms with E-state index in [1.54, 1.807) is 18.2 Å². The summed E-state index contributed by atoms with van der Waals surface area (Å²) in [4.78, 5) is 12.9. The van der Waals surface area contributed by atoms with Gasteiger partial charge in [-0.1, -0.05) is 6.42 Å². The van der Waals surface area contributed by atoms with Gasteiger partial charge < -0.3 is 14.8 Å². The van der Waals surface area contributed by atoms with Crippen molar-refractivity contribution in [3.8, 4) is 5.75 Å². The van der Waals surface area contributed by atoms with Crippen LogP contribution >= 0.6 is 0 Å². The molecule has 0 aromatic heterocycles. The van der Waals surface area contributed by atoms with Crippen LogP contribution in [0.5, 0.6) is 5.75 Å². The molecule has 0 radical (unpaired) electrons. The third kappa shape index (κ3) is 4.15. The Hall–Kier alpha value is -1.64. The molecule has 1 aliphatic carbocycles. The van der Waals surface area contributed by atoms with E-state index in [0.29, 0.717) is 44.3 Å². The Morgan fingerprint density at radius 1 is 1.24 bits per heavy atom. The van der Waals surface area contributed by atoms with Crippen molar-refractivity contribution < 1.29 is 22.7 Å². The maximum Gasteiger partial charge on any atom is 0.246 e. The van der Waals surface area contributed by atoms with Gasteiger partial charge in [0.15, 0.2) is 0 Å². The fourth-order valence-electron chi connectivity index (χ4n) is 4.58. The summed E-state index contributed by atoms with van der Waals surface area (Å²) in [6, 6.07) is 4.91. The normalized spacial score (nSPS) is 24.2. The smallest absolute Gasteiger partial charge is 0.246 e. The SMILES string of the molecule is CCOc1ccc(NC(=O)[C@H]2CC23CCOCC3)cc1S(=O)(=O)N1CCCCC1. The summed E-state index contributed by atoms with van der Waals surface area (Å²) in [5.74, 6) is 0.292. The molecule has 8 heteroatoms. The maximum atomic E-state index is 13.2. The Bertz CT molecular complexity index is 858. The van der Waals surface area contributed by atoms with Gasteiger partial charge >= 0.3 is 0 Å². The van der Waals surface area contributed by atoms with Crippen LogP contribution in [0, 0.1) is 11.3 Å². The van der Waals surface area contributed by atoms with E-state index in [4.69, 9.17) is 9.47 Å². The molecule has 0 unspecified atom stereocenters. The Kier molecular flexibility index (Phi) is 5.86. The van der Waals surface area contributed by atoms with Crippen LogP contribution in [0.15, 0.2) is 23.1 Å². The van der Waals surface area contributed by atoms with Crippen molar-refractivity contribution in [3.63, 3.8) is 0 Å². The number of amides is 1. The first-order valence-electron chi connectivity index (χ1n) is 10.6. The number of nitrogens with zero attached hydrogens (tertiary/aromatic N) is 1. The van der Waals surface area contributed by atoms with Crippen molar-refractivity contribution in [3.05, 3.63) is 18.2 Å². The first-order valence-corrected chi connectivity index (χ1v) is 12.1. The van der Waals surface area contributed by atoms with Gasteiger partial charge in [0.05, 0.1) is 6.61 Å². The number of nitrogens with one attached hydrogen (secondary N) is 1. The zero-order valence-corrected chi connectivity index (χ0v) is 17.8. The highest BCUT2D eigenvalue weighted by Gasteiger charge is 2.58. The minimum absolute atomic E-state index is 0.0138. The molecule has 1 spiro atoms. The molecule has 1 N–H and O–H groups in total. The number of sulfonamides is 1. The number of anilines is 1. The molecule has 1 saturated carbocycles. The summed E-state index contributed by atoms with van der Waals surface area (Å²) in [6.07, 6.45) is 5.51. The third-order valence-corrected chi connectivity index (χ3v) is 8.36. The Balaban J connectivity index is 1.54. The van der Waals surface area contributed by atoms with E-state index in [1.807, 2.05) is 6.92 Å². The fraction of sp³-hybridized carbons (Fsp3) is 0.667. The average molecular weight is 423 g/mol. The van der Waals surface area contributed by atoms with E-state index in [9.17, 15) is 13.2 Å². The highest BCUT2D eigenvalue weighted by molar-refractivity contribution is 7.89. The van der Waals surface area contributed by atoms with Gasteiger partial charge in [0, 0.05) is 37.9 Å². The van der Waals surface area contributed by atoms with Crippen LogP contribution in [0.3, 0.4) is 0 Å². The van der Waals surface area contributed by atoms with E-state index < -0.39 is 10.0 Å². The number of carbonyl (C=O) groups excluding carboxylic acids is 1. The summed E-state index contributed by atoms with van der Waals surface area (Å²) in [5.41, 5.74) is 0.583. The molecule has 0 bridgehead atoms. The second kappa shape index (κ2) is 8.24. The molecule has 2 aliphatic heterocycles. The molecule has 2 saturated heterocycles. The molecule has 4 rings (SSSR count). The van der Waals surface area contributed by atoms with E-state index in [2.05, 4.69) is 5.32 Å². The number of rotatable bonds is 6. The molecule has 1 aromatic carbocycles. The predicted molar refractivity (Wildman–Crippen MR) is 109 cm³/mol. The van der Waals surface area contributed by atoms with Crippen molar-refractivity contribution >= 4 is 21.6 Å². The summed E-state index contributed by atoms with van der Waals surface area (Å²) in [6.45, 7) is 4.68. The van der Waals surface area contributed by atoms with Gasteiger partial charge in [-0.3, -0.25) is 4.79 Å². The molecule has 1 aromatic rings. The molecule has 29 heavy (non-hydrogen) atoms. The van der Waals surface area contributed by atoms with E-state index in [-0.39, 0.29) is 22.1 Å². The second-order valence-corrected chi connectivity index (χ2v) is 10.2. The molecular formula is C21H30N2O5S. The minimum Gasteiger partial charge on any atom is -0.492 e. The van der Waals surface area contributed by atoms with Crippen LogP contribution in [0.2, 0.25) is 0 Å². The highest BCUT2D eigenvalue weighted by Crippen LogP contribution is 2.59. The van der Waals surface area contributed by atoms with Gasteiger partial charge in [-0.2, -0.15) is 4.31 Å². The third-order valence-electron chi connectivity index (χ3n) is 6.44. The van der Waals surface area contributed by atoms with Gasteiger partial charge in [-0.05, 0) is 62.6 Å². The largest absolute Gasteiger partial charge is 0.492 e. The lowest BCUT2D eigenvalue weighted by molar-refractivity contribution is -0.118. The van der Waals surface area contributed by atoms with Gasteiger partial charge in [-0.25, -0.2) is 8.42 Å². The molecule has 160 valence electrons. The van der Waals surface area contributed by atoms with Crippen molar-refractivity contribution in [1.29, 1.82) is 0 Å². The molecule has 7 nitrogen and oxygen atoms in total. The minimum atomic E-state index is -3.66. The van der Waals surface area contributed by atoms with Crippen LogP contribution < -0.4 is 10.1 Å². The van der Waals surface area contributed by atoms with E-state index in [0.717, 1.165) is 38.5 Å². The van der Waals surface area contributed by atoms with Crippen molar-refractivity contribution in [2.24, 2.45) is 11.3 Å². The van der Waals surface area contributed by atoms with Gasteiger partial charge in [-0.15, -0.1) is 0 Å². The Morgan fingerprint density at radius 2 is 1.97 bits per heavy atom. The van der Waals surface area contributed by atoms with Gasteiger partial charge in [0.25, 0.3) is 0 Å². The molecule has 3 fully saturated rings. The second-order valence-electron chi connectivity index (χ2n) is 8.28. The lowest BCUT2D eigenvalue weighted by atomic mass is 9.93. The molecule has 2 heterocycles. The number of piperidine rings is 1. The summed E-state index contributed by atoms with van der Waals surface area (Å²) in [7, 11) is -3.66. The fourth-order valence-corrected chi connectivity index (χ4v) is 6.26. The first-order chi connectivity index (χ1) is 14.0. The van der Waals surface area contributed by atoms with Crippen molar-refractivity contribution in [1.82, 2.24) is 4.31 Å². The van der Waals surface area contributed by atoms with E-state index in [1.165, 1.54) is 4.31 Å². The van der Waals surface area contributed by atoms with Crippen LogP contribution in [-0.2, 0) is 19.6 Å². The van der Waals surface area contributed by atoms with Crippen LogP contribution in [0.25, 0.3) is 0 Å². The van der Waals surface area contributed by atoms with Crippen LogP contribution in [-0.4, -0.2) is 51.5 Å². The van der Waals surface area contributed by atoms with Gasteiger partial charge in [0.2, 0.25) is 15.9 Å². The standard InChI is InChI=1S/C21H30N2O5S/c1-2-28-18-7-6-16(14-19(18)29(25,26)23-10-4-3-5-11-23)22-20(24)17-15-21(17)8-12-27-13-9-21/h6-7,14,17H,2-5,8-13,15H2,1H3,(H,22,24)/t17-/m1/s1. The number of carbonyl (C=O) groups is 1. The van der Waals surface area contributed by atoms with Gasteiger partial charge in [0.1, 0.15) is 10.6 Å². The zero-order valence-electron chi connectivity index (χ0n) is 17.0. The Labute approximate surface area is 172 Å². The number of hydrogen-bond acceptors (Lipinski definition) is 5. The number of benzene rings is 1. The van der Waals surface area contributed by atoms with E-state index >= 15 is 0 Å². The van der Waals surface area contributed by atoms with Crippen molar-refractivity contribution in [2.45, 2.75) is 50.3 Å². The zero-order chi connectivity index (χ0) is 20.5. The molecule has 1 atom stereocenters. The molecule has 1 amide bonds. The highest BCUT2D eigenvalue weighted by atomic mass is 32.2. The quantitative estimate of drug-likeness (QED) is 0.762. The molecular weight excluding hydrogens is 392 g/mol. The molecule has 3 aliphatic rings. The number of ether oxygens (including phenoxy) is 2. The predicted octanol–water partition coefficient (Wildman–Crippen LogP) is 3.02. The maximum absolute atomic E-state index is 13.2. The number of hydrogen-bond donors (Lipinski definition) is 1. The van der Waals surface area contributed by atoms with Crippen LogP contribution in [0.1, 0.15) is 45.4 Å². The summed E-state index contributed by atoms with van der Waals surface area (Å²) >= 11 is 0. The average Bonchev–Trinajstić information content (AvgIpc) is 3.43. The summed E-state index contributed by atoms with van der Waals surface area (Å²) in [5, 5.41) is 2.94. The lowest BCUT2D eigenvalue weighted by Gasteiger charge is -2.27. The first kappa shape index (κ1) is 20.6. The monoisotopic (exact) mass is 422 g/mol. The Morgan fingerprint density at radius 3 is 2.66 bits per heavy atom. The lowest BCUT2D eigenvalue weighted by Crippen LogP contribution is -2.35. The topological polar surface area (TPSA) is 84.9 Å².